The molecule has 4 saturated carbocycles. The minimum atomic E-state index is 0.117. The molecule has 2 saturated heterocycles. The van der Waals surface area contributed by atoms with Gasteiger partial charge in [0.15, 0.2) is 5.82 Å². The van der Waals surface area contributed by atoms with Crippen LogP contribution in [0, 0.1) is 40.9 Å². The lowest BCUT2D eigenvalue weighted by atomic mass is 9.57. The molecule has 6 fully saturated rings. The number of aromatic nitrogens is 3. The molecule has 2 bridgehead atoms. The fourth-order valence-corrected chi connectivity index (χ4v) is 15.9. The molecule has 1 aromatic heterocycles. The Bertz CT molecular complexity index is 2090. The zero-order valence-electron chi connectivity index (χ0n) is 42.1. The van der Waals surface area contributed by atoms with Crippen LogP contribution < -0.4 is 5.32 Å². The molecule has 8 aliphatic rings. The van der Waals surface area contributed by atoms with Crippen LogP contribution in [-0.2, 0) is 4.74 Å². The Labute approximate surface area is 400 Å². The maximum atomic E-state index is 7.04. The summed E-state index contributed by atoms with van der Waals surface area (Å²) >= 11 is 0. The smallest absolute Gasteiger partial charge is 0.163 e. The summed E-state index contributed by atoms with van der Waals surface area (Å²) < 4.78 is 7.04. The summed E-state index contributed by atoms with van der Waals surface area (Å²) in [5.41, 5.74) is 8.72. The summed E-state index contributed by atoms with van der Waals surface area (Å²) in [5.74, 6) is 8.22. The van der Waals surface area contributed by atoms with Crippen molar-refractivity contribution in [3.8, 4) is 0 Å². The fraction of sp³-hybridized carbons (Fsp3) is 0.733. The van der Waals surface area contributed by atoms with E-state index < -0.39 is 0 Å². The molecule has 6 heteroatoms. The second-order valence-electron chi connectivity index (χ2n) is 23.6. The van der Waals surface area contributed by atoms with Gasteiger partial charge in [-0.25, -0.2) is 15.0 Å². The van der Waals surface area contributed by atoms with Gasteiger partial charge in [-0.15, -0.1) is 0 Å². The highest BCUT2D eigenvalue weighted by Crippen LogP contribution is 2.56. The van der Waals surface area contributed by atoms with E-state index in [4.69, 9.17) is 24.7 Å². The van der Waals surface area contributed by atoms with E-state index in [9.17, 15) is 0 Å². The van der Waals surface area contributed by atoms with Gasteiger partial charge < -0.3 is 10.1 Å². The lowest BCUT2D eigenvalue weighted by Crippen LogP contribution is -2.52. The van der Waals surface area contributed by atoms with Crippen molar-refractivity contribution in [2.24, 2.45) is 45.9 Å². The zero-order chi connectivity index (χ0) is 45.2. The van der Waals surface area contributed by atoms with E-state index in [2.05, 4.69) is 82.5 Å². The second-order valence-corrected chi connectivity index (χ2v) is 23.6. The average Bonchev–Trinajstić information content (AvgIpc) is 3.55. The number of allylic oxidation sites excluding steroid dienone is 4. The van der Waals surface area contributed by atoms with E-state index in [-0.39, 0.29) is 5.41 Å². The van der Waals surface area contributed by atoms with E-state index in [1.165, 1.54) is 177 Å². The lowest BCUT2D eigenvalue weighted by molar-refractivity contribution is -0.0176. The first-order valence-electron chi connectivity index (χ1n) is 28.1. The highest BCUT2D eigenvalue weighted by Gasteiger charge is 2.55. The molecule has 1 aromatic carbocycles. The molecule has 4 heterocycles. The van der Waals surface area contributed by atoms with Gasteiger partial charge in [0.05, 0.1) is 12.2 Å². The van der Waals surface area contributed by atoms with E-state index in [1.807, 2.05) is 0 Å². The summed E-state index contributed by atoms with van der Waals surface area (Å²) in [6, 6.07) is 12.3. The van der Waals surface area contributed by atoms with E-state index >= 15 is 0 Å². The molecule has 11 unspecified atom stereocenters. The van der Waals surface area contributed by atoms with Crippen molar-refractivity contribution in [1.29, 1.82) is 0 Å². The van der Waals surface area contributed by atoms with Crippen molar-refractivity contribution in [2.75, 3.05) is 7.05 Å². The number of hydrogen-bond acceptors (Lipinski definition) is 6. The maximum Gasteiger partial charge on any atom is 0.163 e. The van der Waals surface area contributed by atoms with Crippen molar-refractivity contribution in [3.63, 3.8) is 0 Å². The van der Waals surface area contributed by atoms with Gasteiger partial charge in [0.25, 0.3) is 0 Å². The second kappa shape index (κ2) is 21.0. The van der Waals surface area contributed by atoms with Crippen molar-refractivity contribution in [1.82, 2.24) is 20.3 Å². The molecule has 0 spiro atoms. The summed E-state index contributed by atoms with van der Waals surface area (Å²) in [4.78, 5) is 21.6. The SMILES string of the molecule is CCC(CCCCC1CCCCC(C2C(/C(=N\C)c3ccccc3)CCC3OC4CCCCC4C32)C1)c1nc(C2=C(C)CC3=C(C=C2)C(C)(C)C2CCCCC3N2)nc(C2CCCCC2)n1. The Morgan fingerprint density at radius 3 is 2.39 bits per heavy atom. The third kappa shape index (κ3) is 9.65. The summed E-state index contributed by atoms with van der Waals surface area (Å²) in [6.07, 6.45) is 39.5. The molecular formula is C60H87N5O. The Morgan fingerprint density at radius 2 is 1.56 bits per heavy atom. The summed E-state index contributed by atoms with van der Waals surface area (Å²) in [7, 11) is 2.08. The largest absolute Gasteiger partial charge is 0.374 e. The Morgan fingerprint density at radius 1 is 0.788 bits per heavy atom. The highest BCUT2D eigenvalue weighted by atomic mass is 16.5. The Hall–Kier alpha value is -2.96. The van der Waals surface area contributed by atoms with Gasteiger partial charge in [0, 0.05) is 53.6 Å². The molecule has 3 aliphatic heterocycles. The minimum Gasteiger partial charge on any atom is -0.374 e. The van der Waals surface area contributed by atoms with Gasteiger partial charge in [-0.1, -0.05) is 159 Å². The Kier molecular flexibility index (Phi) is 14.8. The minimum absolute atomic E-state index is 0.117. The van der Waals surface area contributed by atoms with Gasteiger partial charge in [-0.2, -0.15) is 0 Å². The quantitative estimate of drug-likeness (QED) is 0.131. The molecule has 2 aromatic rings. The van der Waals surface area contributed by atoms with Crippen molar-refractivity contribution < 1.29 is 4.74 Å². The molecule has 10 rings (SSSR count). The van der Waals surface area contributed by atoms with Crippen LogP contribution in [0.3, 0.4) is 0 Å². The first kappa shape index (κ1) is 46.8. The van der Waals surface area contributed by atoms with Crippen LogP contribution in [0.4, 0.5) is 0 Å². The predicted molar refractivity (Wildman–Crippen MR) is 273 cm³/mol. The molecule has 66 heavy (non-hydrogen) atoms. The topological polar surface area (TPSA) is 72.3 Å². The van der Waals surface area contributed by atoms with E-state index in [1.54, 1.807) is 11.1 Å². The standard InChI is InChI=1S/C60H87N5O/c1-6-41(57-63-58(43-26-11-8-12-27-43)65-59(64-57)45-33-35-49-48(37-39(45)2)50-30-18-20-32-53(62-50)60(49,3)4)23-15-13-21-40-22-14-16-28-44(38-40)54-47(56(61-5)42-24-9-7-10-25-42)34-36-52-55(54)46-29-17-19-31-51(46)66-52/h7,9-10,24-25,33,35,40-41,43-44,46-47,50-55,62H,6,8,11-23,26-32,34,36-38H2,1-5H3/b61-56-. The number of aliphatic imine (C=N–C) groups is 1. The number of rotatable bonds is 12. The third-order valence-corrected chi connectivity index (χ3v) is 19.4. The van der Waals surface area contributed by atoms with Crippen LogP contribution in [0.2, 0.25) is 0 Å². The maximum absolute atomic E-state index is 7.04. The summed E-state index contributed by atoms with van der Waals surface area (Å²) in [5, 5.41) is 4.12. The Balaban J connectivity index is 0.854. The number of nitrogens with zero attached hydrogens (tertiary/aromatic N) is 4. The van der Waals surface area contributed by atoms with Gasteiger partial charge in [0.1, 0.15) is 11.6 Å². The molecule has 358 valence electrons. The fourth-order valence-electron chi connectivity index (χ4n) is 15.9. The van der Waals surface area contributed by atoms with Crippen LogP contribution in [0.1, 0.15) is 230 Å². The van der Waals surface area contributed by atoms with Crippen LogP contribution in [0.15, 0.2) is 64.2 Å². The number of fused-ring (bicyclic) bond motifs is 6. The number of ether oxygens (including phenoxy) is 1. The van der Waals surface area contributed by atoms with E-state index in [0.717, 1.165) is 48.1 Å². The van der Waals surface area contributed by atoms with Gasteiger partial charge in [0.2, 0.25) is 0 Å². The average molecular weight is 894 g/mol. The zero-order valence-corrected chi connectivity index (χ0v) is 42.1. The molecular weight excluding hydrogens is 807 g/mol. The van der Waals surface area contributed by atoms with Crippen molar-refractivity contribution >= 4 is 11.3 Å². The van der Waals surface area contributed by atoms with Gasteiger partial charge in [-0.3, -0.25) is 4.99 Å². The normalized spacial score (nSPS) is 34.5. The van der Waals surface area contributed by atoms with Crippen molar-refractivity contribution in [2.45, 2.75) is 231 Å². The number of nitrogens with one attached hydrogen (secondary N) is 1. The third-order valence-electron chi connectivity index (χ3n) is 19.4. The van der Waals surface area contributed by atoms with Gasteiger partial charge in [-0.05, 0) is 130 Å². The molecule has 0 amide bonds. The molecule has 1 N–H and O–H groups in total. The molecule has 6 nitrogen and oxygen atoms in total. The molecule has 0 radical (unpaired) electrons. The van der Waals surface area contributed by atoms with E-state index in [0.29, 0.717) is 53.9 Å². The number of hydrogen-bond donors (Lipinski definition) is 1. The van der Waals surface area contributed by atoms with Crippen LogP contribution in [-0.4, -0.2) is 52.0 Å². The lowest BCUT2D eigenvalue weighted by Gasteiger charge is -2.47. The monoisotopic (exact) mass is 894 g/mol. The highest BCUT2D eigenvalue weighted by molar-refractivity contribution is 6.02. The first-order chi connectivity index (χ1) is 32.3. The molecule has 5 aliphatic carbocycles. The summed E-state index contributed by atoms with van der Waals surface area (Å²) in [6.45, 7) is 9.71. The van der Waals surface area contributed by atoms with Crippen LogP contribution >= 0.6 is 0 Å². The van der Waals surface area contributed by atoms with Crippen LogP contribution in [0.5, 0.6) is 0 Å². The predicted octanol–water partition coefficient (Wildman–Crippen LogP) is 14.9. The van der Waals surface area contributed by atoms with Crippen LogP contribution in [0.25, 0.3) is 5.57 Å². The number of benzene rings is 1. The van der Waals surface area contributed by atoms with Gasteiger partial charge >= 0.3 is 0 Å². The van der Waals surface area contributed by atoms with Crippen molar-refractivity contribution in [3.05, 3.63) is 82.2 Å². The number of unbranched alkanes of at least 4 members (excludes halogenated alkanes) is 1. The first-order valence-corrected chi connectivity index (χ1v) is 28.1. The molecule has 11 atom stereocenters.